The number of pyridine rings is 1. The van der Waals surface area contributed by atoms with E-state index in [1.807, 2.05) is 0 Å². The number of likely N-dealkylation sites (N-methyl/N-ethyl adjacent to an activating group) is 1. The number of nitrogens with zero attached hydrogens (tertiary/aromatic N) is 4. The molecule has 2 rings (SSSR count). The monoisotopic (exact) mass is 265 g/mol. The van der Waals surface area contributed by atoms with Gasteiger partial charge in [0.25, 0.3) is 0 Å². The molecule has 2 heterocycles. The molecular formula is C13H20FN5. The maximum absolute atomic E-state index is 13.0. The minimum Gasteiger partial charge on any atom is -0.352 e. The molecule has 5 nitrogen and oxygen atoms in total. The van der Waals surface area contributed by atoms with Gasteiger partial charge in [-0.1, -0.05) is 13.8 Å². The number of anilines is 1. The van der Waals surface area contributed by atoms with Gasteiger partial charge in [0.05, 0.1) is 6.20 Å². The van der Waals surface area contributed by atoms with E-state index in [0.29, 0.717) is 11.6 Å². The summed E-state index contributed by atoms with van der Waals surface area (Å²) in [6.45, 7) is 8.21. The number of nitrogens with one attached hydrogen (secondary N) is 1. The Morgan fingerprint density at radius 1 is 1.32 bits per heavy atom. The lowest BCUT2D eigenvalue weighted by Gasteiger charge is -2.19. The topological polar surface area (TPSA) is 45.5 Å². The molecule has 104 valence electrons. The third kappa shape index (κ3) is 3.64. The van der Waals surface area contributed by atoms with Gasteiger partial charge >= 0.3 is 0 Å². The van der Waals surface area contributed by atoms with Gasteiger partial charge in [0, 0.05) is 13.1 Å². The fourth-order valence-corrected chi connectivity index (χ4v) is 2.00. The molecule has 0 amide bonds. The van der Waals surface area contributed by atoms with Gasteiger partial charge in [-0.3, -0.25) is 0 Å². The van der Waals surface area contributed by atoms with Crippen LogP contribution >= 0.6 is 0 Å². The van der Waals surface area contributed by atoms with Crippen molar-refractivity contribution in [1.82, 2.24) is 19.5 Å². The first-order valence-electron chi connectivity index (χ1n) is 6.71. The van der Waals surface area contributed by atoms with Crippen LogP contribution in [0.2, 0.25) is 0 Å². The summed E-state index contributed by atoms with van der Waals surface area (Å²) in [4.78, 5) is 6.64. The summed E-state index contributed by atoms with van der Waals surface area (Å²) in [5, 5.41) is 7.35. The number of aromatic nitrogens is 3. The molecule has 0 spiro atoms. The van der Waals surface area contributed by atoms with Crippen LogP contribution in [-0.4, -0.2) is 45.7 Å². The number of fused-ring (bicyclic) bond motifs is 1. The standard InChI is InChI=1S/C13H20FN5/c1-3-8-18(4-2)9-7-15-13-16-12-6-5-11(14)10-19(12)17-13/h5-6,10H,3-4,7-9H2,1-2H3,(H,15,17). The summed E-state index contributed by atoms with van der Waals surface area (Å²) in [5.41, 5.74) is 0.643. The van der Waals surface area contributed by atoms with E-state index >= 15 is 0 Å². The van der Waals surface area contributed by atoms with Gasteiger partial charge in [-0.15, -0.1) is 5.10 Å². The van der Waals surface area contributed by atoms with Crippen molar-refractivity contribution in [2.75, 3.05) is 31.5 Å². The second-order valence-electron chi connectivity index (χ2n) is 4.45. The first-order valence-corrected chi connectivity index (χ1v) is 6.71. The lowest BCUT2D eigenvalue weighted by Crippen LogP contribution is -2.29. The fourth-order valence-electron chi connectivity index (χ4n) is 2.00. The van der Waals surface area contributed by atoms with Crippen molar-refractivity contribution in [3.05, 3.63) is 24.1 Å². The molecule has 0 aliphatic rings. The molecule has 0 aliphatic heterocycles. The van der Waals surface area contributed by atoms with Crippen LogP contribution in [0.25, 0.3) is 5.65 Å². The molecule has 0 bridgehead atoms. The highest BCUT2D eigenvalue weighted by atomic mass is 19.1. The maximum atomic E-state index is 13.0. The smallest absolute Gasteiger partial charge is 0.243 e. The van der Waals surface area contributed by atoms with Crippen LogP contribution in [0.4, 0.5) is 10.3 Å². The Balaban J connectivity index is 1.91. The maximum Gasteiger partial charge on any atom is 0.243 e. The van der Waals surface area contributed by atoms with Gasteiger partial charge in [-0.25, -0.2) is 8.91 Å². The first-order chi connectivity index (χ1) is 9.22. The van der Waals surface area contributed by atoms with E-state index in [4.69, 9.17) is 0 Å². The molecule has 2 aromatic rings. The molecule has 0 aliphatic carbocycles. The minimum atomic E-state index is -0.316. The zero-order valence-electron chi connectivity index (χ0n) is 11.4. The zero-order valence-corrected chi connectivity index (χ0v) is 11.4. The summed E-state index contributed by atoms with van der Waals surface area (Å²) in [6.07, 6.45) is 2.47. The Hall–Kier alpha value is -1.69. The number of rotatable bonds is 7. The average Bonchev–Trinajstić information content (AvgIpc) is 2.79. The lowest BCUT2D eigenvalue weighted by molar-refractivity contribution is 0.300. The van der Waals surface area contributed by atoms with E-state index in [2.05, 4.69) is 34.1 Å². The average molecular weight is 265 g/mol. The molecule has 6 heteroatoms. The predicted octanol–water partition coefficient (Wildman–Crippen LogP) is 2.01. The van der Waals surface area contributed by atoms with Crippen molar-refractivity contribution in [2.45, 2.75) is 20.3 Å². The third-order valence-corrected chi connectivity index (χ3v) is 2.99. The van der Waals surface area contributed by atoms with E-state index < -0.39 is 0 Å². The summed E-state index contributed by atoms with van der Waals surface area (Å²) in [5.74, 6) is 0.224. The van der Waals surface area contributed by atoms with E-state index in [9.17, 15) is 4.39 Å². The first kappa shape index (κ1) is 13.7. The van der Waals surface area contributed by atoms with E-state index in [1.54, 1.807) is 6.07 Å². The molecule has 0 saturated carbocycles. The van der Waals surface area contributed by atoms with Crippen molar-refractivity contribution < 1.29 is 4.39 Å². The third-order valence-electron chi connectivity index (χ3n) is 2.99. The van der Waals surface area contributed by atoms with Crippen molar-refractivity contribution in [3.8, 4) is 0 Å². The predicted molar refractivity (Wildman–Crippen MR) is 73.8 cm³/mol. The quantitative estimate of drug-likeness (QED) is 0.832. The minimum absolute atomic E-state index is 0.316. The van der Waals surface area contributed by atoms with Gasteiger partial charge < -0.3 is 10.2 Å². The van der Waals surface area contributed by atoms with Crippen LogP contribution in [-0.2, 0) is 0 Å². The highest BCUT2D eigenvalue weighted by molar-refractivity contribution is 5.42. The fraction of sp³-hybridized carbons (Fsp3) is 0.538. The molecule has 1 N–H and O–H groups in total. The molecule has 0 fully saturated rings. The van der Waals surface area contributed by atoms with E-state index in [-0.39, 0.29) is 5.82 Å². The van der Waals surface area contributed by atoms with Gasteiger partial charge in [0.1, 0.15) is 5.82 Å². The normalized spacial score (nSPS) is 11.4. The van der Waals surface area contributed by atoms with Crippen LogP contribution in [0.3, 0.4) is 0 Å². The largest absolute Gasteiger partial charge is 0.352 e. The molecule has 2 aromatic heterocycles. The Morgan fingerprint density at radius 3 is 2.89 bits per heavy atom. The van der Waals surface area contributed by atoms with Crippen molar-refractivity contribution in [2.24, 2.45) is 0 Å². The van der Waals surface area contributed by atoms with Crippen molar-refractivity contribution >= 4 is 11.6 Å². The van der Waals surface area contributed by atoms with E-state index in [1.165, 1.54) is 16.8 Å². The van der Waals surface area contributed by atoms with Crippen LogP contribution in [0.15, 0.2) is 18.3 Å². The van der Waals surface area contributed by atoms with Gasteiger partial charge in [-0.05, 0) is 31.6 Å². The zero-order chi connectivity index (χ0) is 13.7. The summed E-state index contributed by atoms with van der Waals surface area (Å²) >= 11 is 0. The number of hydrogen-bond acceptors (Lipinski definition) is 4. The Morgan fingerprint density at radius 2 is 2.16 bits per heavy atom. The molecular weight excluding hydrogens is 245 g/mol. The number of hydrogen-bond donors (Lipinski definition) is 1. The second kappa shape index (κ2) is 6.47. The molecule has 0 saturated heterocycles. The Kier molecular flexibility index (Phi) is 4.68. The Bertz CT molecular complexity index is 525. The molecule has 0 aromatic carbocycles. The van der Waals surface area contributed by atoms with Crippen LogP contribution in [0, 0.1) is 5.82 Å². The van der Waals surface area contributed by atoms with Crippen LogP contribution in [0.5, 0.6) is 0 Å². The summed E-state index contributed by atoms with van der Waals surface area (Å²) in [7, 11) is 0. The summed E-state index contributed by atoms with van der Waals surface area (Å²) < 4.78 is 14.5. The Labute approximate surface area is 112 Å². The van der Waals surface area contributed by atoms with Crippen molar-refractivity contribution in [3.63, 3.8) is 0 Å². The van der Waals surface area contributed by atoms with Gasteiger partial charge in [-0.2, -0.15) is 4.98 Å². The van der Waals surface area contributed by atoms with E-state index in [0.717, 1.165) is 32.6 Å². The van der Waals surface area contributed by atoms with Crippen LogP contribution < -0.4 is 5.32 Å². The summed E-state index contributed by atoms with van der Waals surface area (Å²) in [6, 6.07) is 3.00. The molecule has 0 atom stereocenters. The highest BCUT2D eigenvalue weighted by Crippen LogP contribution is 2.06. The molecule has 0 radical (unpaired) electrons. The molecule has 0 unspecified atom stereocenters. The number of halogens is 1. The molecule has 19 heavy (non-hydrogen) atoms. The SMILES string of the molecule is CCCN(CC)CCNc1nc2ccc(F)cn2n1. The van der Waals surface area contributed by atoms with Gasteiger partial charge in [0.2, 0.25) is 5.95 Å². The van der Waals surface area contributed by atoms with Crippen molar-refractivity contribution in [1.29, 1.82) is 0 Å². The second-order valence-corrected chi connectivity index (χ2v) is 4.45. The van der Waals surface area contributed by atoms with Crippen LogP contribution in [0.1, 0.15) is 20.3 Å². The highest BCUT2D eigenvalue weighted by Gasteiger charge is 2.05. The van der Waals surface area contributed by atoms with Gasteiger partial charge in [0.15, 0.2) is 5.65 Å². The lowest BCUT2D eigenvalue weighted by atomic mass is 10.4.